The Morgan fingerprint density at radius 1 is 1.19 bits per heavy atom. The third-order valence-electron chi connectivity index (χ3n) is 3.44. The highest BCUT2D eigenvalue weighted by molar-refractivity contribution is 7.13. The molecule has 2 amide bonds. The van der Waals surface area contributed by atoms with Crippen molar-refractivity contribution in [3.05, 3.63) is 40.7 Å². The first kappa shape index (κ1) is 20.8. The maximum Gasteiger partial charge on any atom is 0.238 e. The van der Waals surface area contributed by atoms with E-state index in [9.17, 15) is 22.8 Å². The molecule has 0 radical (unpaired) electrons. The van der Waals surface area contributed by atoms with Crippen molar-refractivity contribution in [3.8, 4) is 0 Å². The summed E-state index contributed by atoms with van der Waals surface area (Å²) in [4.78, 5) is 29.3. The molecule has 0 saturated heterocycles. The van der Waals surface area contributed by atoms with Crippen molar-refractivity contribution in [2.24, 2.45) is 0 Å². The smallest absolute Gasteiger partial charge is 0.238 e. The first-order chi connectivity index (χ1) is 12.8. The Morgan fingerprint density at radius 2 is 1.93 bits per heavy atom. The first-order valence-electron chi connectivity index (χ1n) is 8.17. The third-order valence-corrected chi connectivity index (χ3v) is 4.24. The molecule has 2 N–H and O–H groups in total. The van der Waals surface area contributed by atoms with Gasteiger partial charge in [-0.25, -0.2) is 18.2 Å². The molecule has 0 aliphatic heterocycles. The fraction of sp³-hybridized carbons (Fsp3) is 0.353. The predicted molar refractivity (Wildman–Crippen MR) is 96.9 cm³/mol. The van der Waals surface area contributed by atoms with Crippen molar-refractivity contribution in [2.75, 3.05) is 23.7 Å². The molecule has 1 aromatic carbocycles. The van der Waals surface area contributed by atoms with Gasteiger partial charge in [-0.15, -0.1) is 11.3 Å². The number of nitrogens with zero attached hydrogens (tertiary/aromatic N) is 2. The fourth-order valence-corrected chi connectivity index (χ4v) is 3.11. The van der Waals surface area contributed by atoms with Gasteiger partial charge in [0, 0.05) is 18.8 Å². The molecule has 0 atom stereocenters. The molecule has 0 unspecified atom stereocenters. The number of hydrogen-bond donors (Lipinski definition) is 2. The number of carbonyl (C=O) groups excluding carboxylic acids is 2. The standard InChI is InChI=1S/C17H19F3N4O2S/c1-3-6-24(7-11-9-27-17(22-11)21-10(2)25)8-14(26)23-13-5-4-12(18)15(19)16(13)20/h4-5,9H,3,6-8H2,1-2H3,(H,23,26)(H,21,22,25). The van der Waals surface area contributed by atoms with Crippen LogP contribution in [0.1, 0.15) is 26.0 Å². The van der Waals surface area contributed by atoms with Gasteiger partial charge in [0.2, 0.25) is 11.8 Å². The number of nitrogens with one attached hydrogen (secondary N) is 2. The number of benzene rings is 1. The Bertz CT molecular complexity index is 829. The van der Waals surface area contributed by atoms with Crippen LogP contribution in [0.3, 0.4) is 0 Å². The Kier molecular flexibility index (Phi) is 7.31. The molecule has 0 aliphatic carbocycles. The van der Waals surface area contributed by atoms with E-state index in [1.165, 1.54) is 18.3 Å². The second-order valence-electron chi connectivity index (χ2n) is 5.81. The highest BCUT2D eigenvalue weighted by Crippen LogP contribution is 2.20. The molecule has 2 aromatic rings. The van der Waals surface area contributed by atoms with Gasteiger partial charge in [0.25, 0.3) is 0 Å². The number of hydrogen-bond acceptors (Lipinski definition) is 5. The van der Waals surface area contributed by atoms with Gasteiger partial charge in [0.15, 0.2) is 22.6 Å². The SMILES string of the molecule is CCCN(CC(=O)Nc1ccc(F)c(F)c1F)Cc1csc(NC(C)=O)n1. The van der Waals surface area contributed by atoms with Gasteiger partial charge in [0.1, 0.15) is 0 Å². The number of aromatic nitrogens is 1. The summed E-state index contributed by atoms with van der Waals surface area (Å²) >= 11 is 1.27. The van der Waals surface area contributed by atoms with Crippen LogP contribution in [0, 0.1) is 17.5 Å². The van der Waals surface area contributed by atoms with Crippen molar-refractivity contribution in [1.29, 1.82) is 0 Å². The normalized spacial score (nSPS) is 10.9. The molecule has 146 valence electrons. The summed E-state index contributed by atoms with van der Waals surface area (Å²) in [6.07, 6.45) is 0.759. The molecule has 0 spiro atoms. The number of amides is 2. The second kappa shape index (κ2) is 9.47. The van der Waals surface area contributed by atoms with Gasteiger partial charge in [-0.2, -0.15) is 0 Å². The van der Waals surface area contributed by atoms with Crippen LogP contribution in [0.2, 0.25) is 0 Å². The second-order valence-corrected chi connectivity index (χ2v) is 6.67. The highest BCUT2D eigenvalue weighted by Gasteiger charge is 2.17. The van der Waals surface area contributed by atoms with Gasteiger partial charge in [-0.3, -0.25) is 14.5 Å². The summed E-state index contributed by atoms with van der Waals surface area (Å²) in [5, 5.41) is 7.06. The quantitative estimate of drug-likeness (QED) is 0.667. The fourth-order valence-electron chi connectivity index (χ4n) is 2.36. The summed E-state index contributed by atoms with van der Waals surface area (Å²) in [6, 6.07) is 1.71. The van der Waals surface area contributed by atoms with Crippen LogP contribution in [0.15, 0.2) is 17.5 Å². The van der Waals surface area contributed by atoms with Gasteiger partial charge in [0.05, 0.1) is 17.9 Å². The van der Waals surface area contributed by atoms with Gasteiger partial charge >= 0.3 is 0 Å². The molecule has 0 fully saturated rings. The van der Waals surface area contributed by atoms with Crippen LogP contribution in [0.25, 0.3) is 0 Å². The van der Waals surface area contributed by atoms with Crippen molar-refractivity contribution in [3.63, 3.8) is 0 Å². The number of carbonyl (C=O) groups is 2. The summed E-state index contributed by atoms with van der Waals surface area (Å²) in [6.45, 7) is 4.15. The number of rotatable bonds is 8. The molecule has 1 aromatic heterocycles. The van der Waals surface area contributed by atoms with E-state index in [-0.39, 0.29) is 12.5 Å². The minimum absolute atomic E-state index is 0.0841. The van der Waals surface area contributed by atoms with E-state index in [1.54, 1.807) is 10.3 Å². The highest BCUT2D eigenvalue weighted by atomic mass is 32.1. The predicted octanol–water partition coefficient (Wildman–Crippen LogP) is 3.37. The van der Waals surface area contributed by atoms with Gasteiger partial charge in [-0.1, -0.05) is 6.92 Å². The molecule has 0 bridgehead atoms. The molecule has 0 aliphatic rings. The zero-order valence-corrected chi connectivity index (χ0v) is 15.6. The molecule has 0 saturated carbocycles. The van der Waals surface area contributed by atoms with Crippen LogP contribution >= 0.6 is 11.3 Å². The van der Waals surface area contributed by atoms with E-state index in [4.69, 9.17) is 0 Å². The number of thiazole rings is 1. The van der Waals surface area contributed by atoms with E-state index in [2.05, 4.69) is 15.6 Å². The van der Waals surface area contributed by atoms with E-state index in [1.807, 2.05) is 6.92 Å². The minimum Gasteiger partial charge on any atom is -0.322 e. The molecule has 2 rings (SSSR count). The lowest BCUT2D eigenvalue weighted by Crippen LogP contribution is -2.33. The molecule has 1 heterocycles. The molecular formula is C17H19F3N4O2S. The van der Waals surface area contributed by atoms with Crippen LogP contribution < -0.4 is 10.6 Å². The maximum absolute atomic E-state index is 13.7. The Labute approximate surface area is 158 Å². The zero-order chi connectivity index (χ0) is 20.0. The molecule has 27 heavy (non-hydrogen) atoms. The lowest BCUT2D eigenvalue weighted by atomic mass is 10.2. The largest absolute Gasteiger partial charge is 0.322 e. The van der Waals surface area contributed by atoms with Crippen molar-refractivity contribution in [1.82, 2.24) is 9.88 Å². The topological polar surface area (TPSA) is 74.3 Å². The summed E-state index contributed by atoms with van der Waals surface area (Å²) in [5.74, 6) is -5.19. The Hall–Kier alpha value is -2.46. The average molecular weight is 400 g/mol. The molecular weight excluding hydrogens is 381 g/mol. The van der Waals surface area contributed by atoms with Crippen LogP contribution in [-0.2, 0) is 16.1 Å². The number of halogens is 3. The Morgan fingerprint density at radius 3 is 2.59 bits per heavy atom. The summed E-state index contributed by atoms with van der Waals surface area (Å²) < 4.78 is 39.9. The number of anilines is 2. The average Bonchev–Trinajstić information content (AvgIpc) is 3.01. The van der Waals surface area contributed by atoms with Crippen molar-refractivity contribution in [2.45, 2.75) is 26.8 Å². The maximum atomic E-state index is 13.7. The molecule has 10 heteroatoms. The van der Waals surface area contributed by atoms with Gasteiger partial charge < -0.3 is 10.6 Å². The van der Waals surface area contributed by atoms with E-state index in [0.717, 1.165) is 18.6 Å². The lowest BCUT2D eigenvalue weighted by Gasteiger charge is -2.20. The van der Waals surface area contributed by atoms with Crippen LogP contribution in [-0.4, -0.2) is 34.8 Å². The zero-order valence-electron chi connectivity index (χ0n) is 14.8. The monoisotopic (exact) mass is 400 g/mol. The molecule has 6 nitrogen and oxygen atoms in total. The van der Waals surface area contributed by atoms with E-state index >= 15 is 0 Å². The minimum atomic E-state index is -1.63. The van der Waals surface area contributed by atoms with E-state index in [0.29, 0.717) is 23.9 Å². The van der Waals surface area contributed by atoms with E-state index < -0.39 is 29.0 Å². The lowest BCUT2D eigenvalue weighted by molar-refractivity contribution is -0.117. The van der Waals surface area contributed by atoms with Gasteiger partial charge in [-0.05, 0) is 25.1 Å². The summed E-state index contributed by atoms with van der Waals surface area (Å²) in [7, 11) is 0. The van der Waals surface area contributed by atoms with Crippen molar-refractivity contribution >= 4 is 34.0 Å². The summed E-state index contributed by atoms with van der Waals surface area (Å²) in [5.41, 5.74) is 0.251. The third kappa shape index (κ3) is 6.04. The Balaban J connectivity index is 2.00. The van der Waals surface area contributed by atoms with Crippen molar-refractivity contribution < 1.29 is 22.8 Å². The van der Waals surface area contributed by atoms with Crippen LogP contribution in [0.4, 0.5) is 24.0 Å². The first-order valence-corrected chi connectivity index (χ1v) is 9.05. The van der Waals surface area contributed by atoms with Crippen LogP contribution in [0.5, 0.6) is 0 Å².